The van der Waals surface area contributed by atoms with Gasteiger partial charge in [0.1, 0.15) is 5.69 Å². The van der Waals surface area contributed by atoms with Gasteiger partial charge in [-0.15, -0.1) is 0 Å². The number of para-hydroxylation sites is 2. The monoisotopic (exact) mass is 220 g/mol. The molecule has 0 amide bonds. The summed E-state index contributed by atoms with van der Waals surface area (Å²) >= 11 is 0. The molecule has 0 unspecified atom stereocenters. The molecule has 1 aromatic heterocycles. The van der Waals surface area contributed by atoms with E-state index >= 15 is 0 Å². The molecule has 0 saturated heterocycles. The minimum Gasteiger partial charge on any atom is -0.245 e. The maximum atomic E-state index is 10.4. The number of fused-ring (bicyclic) bond motifs is 2. The molecule has 0 atom stereocenters. The first-order valence-corrected chi connectivity index (χ1v) is 5.25. The van der Waals surface area contributed by atoms with E-state index in [9.17, 15) is 4.79 Å². The molecule has 3 heteroatoms. The Kier molecular flexibility index (Phi) is 2.18. The Morgan fingerprint density at radius 1 is 1.00 bits per heavy atom. The predicted octanol–water partition coefficient (Wildman–Crippen LogP) is 3.36. The van der Waals surface area contributed by atoms with Gasteiger partial charge in [0.25, 0.3) is 0 Å². The minimum absolute atomic E-state index is 0.559. The van der Waals surface area contributed by atoms with E-state index in [-0.39, 0.29) is 0 Å². The van der Waals surface area contributed by atoms with Crippen molar-refractivity contribution in [3.8, 4) is 0 Å². The van der Waals surface area contributed by atoms with Gasteiger partial charge in [-0.1, -0.05) is 30.3 Å². The highest BCUT2D eigenvalue weighted by molar-refractivity contribution is 5.97. The van der Waals surface area contributed by atoms with Gasteiger partial charge in [-0.2, -0.15) is 4.99 Å². The zero-order valence-electron chi connectivity index (χ0n) is 8.92. The van der Waals surface area contributed by atoms with Crippen LogP contribution in [0.25, 0.3) is 21.8 Å². The molecule has 0 spiro atoms. The largest absolute Gasteiger partial charge is 0.245 e. The fourth-order valence-electron chi connectivity index (χ4n) is 1.93. The van der Waals surface area contributed by atoms with Gasteiger partial charge in [0.15, 0.2) is 0 Å². The zero-order valence-corrected chi connectivity index (χ0v) is 8.92. The molecule has 3 aromatic rings. The fourth-order valence-corrected chi connectivity index (χ4v) is 1.93. The quantitative estimate of drug-likeness (QED) is 0.358. The van der Waals surface area contributed by atoms with Crippen LogP contribution in [0.4, 0.5) is 5.69 Å². The Morgan fingerprint density at radius 2 is 1.82 bits per heavy atom. The van der Waals surface area contributed by atoms with E-state index in [1.807, 2.05) is 42.5 Å². The Balaban J connectivity index is 2.47. The summed E-state index contributed by atoms with van der Waals surface area (Å²) in [7, 11) is 0. The van der Waals surface area contributed by atoms with Crippen LogP contribution in [0.1, 0.15) is 0 Å². The van der Waals surface area contributed by atoms with Crippen molar-refractivity contribution in [2.24, 2.45) is 4.99 Å². The number of hydrogen-bond acceptors (Lipinski definition) is 3. The summed E-state index contributed by atoms with van der Waals surface area (Å²) in [5.74, 6) is 0. The average Bonchev–Trinajstić information content (AvgIpc) is 2.37. The van der Waals surface area contributed by atoms with Crippen LogP contribution in [0.2, 0.25) is 0 Å². The third-order valence-electron chi connectivity index (χ3n) is 2.69. The SMILES string of the molecule is O=C=Nc1cccc2cc3ccccc3nc12. The van der Waals surface area contributed by atoms with E-state index < -0.39 is 0 Å². The van der Waals surface area contributed by atoms with Crippen molar-refractivity contribution in [1.29, 1.82) is 0 Å². The zero-order chi connectivity index (χ0) is 11.7. The molecule has 0 N–H and O–H groups in total. The maximum absolute atomic E-state index is 10.4. The van der Waals surface area contributed by atoms with Gasteiger partial charge >= 0.3 is 0 Å². The number of pyridine rings is 1. The summed E-state index contributed by atoms with van der Waals surface area (Å²) in [5.41, 5.74) is 2.19. The van der Waals surface area contributed by atoms with Crippen molar-refractivity contribution in [2.45, 2.75) is 0 Å². The Bertz CT molecular complexity index is 758. The van der Waals surface area contributed by atoms with Gasteiger partial charge < -0.3 is 0 Å². The molecular formula is C14H8N2O. The third kappa shape index (κ3) is 1.59. The van der Waals surface area contributed by atoms with Crippen molar-refractivity contribution in [3.05, 3.63) is 48.5 Å². The van der Waals surface area contributed by atoms with Gasteiger partial charge in [-0.05, 0) is 18.2 Å². The Hall–Kier alpha value is -2.51. The van der Waals surface area contributed by atoms with E-state index in [1.165, 1.54) is 0 Å². The smallest absolute Gasteiger partial charge is 0.240 e. The first kappa shape index (κ1) is 9.70. The van der Waals surface area contributed by atoms with Gasteiger partial charge in [-0.3, -0.25) is 0 Å². The second-order valence-electron chi connectivity index (χ2n) is 3.73. The highest BCUT2D eigenvalue weighted by atomic mass is 16.1. The molecule has 80 valence electrons. The van der Waals surface area contributed by atoms with Crippen molar-refractivity contribution in [3.63, 3.8) is 0 Å². The molecule has 3 nitrogen and oxygen atoms in total. The van der Waals surface area contributed by atoms with Gasteiger partial charge in [0.05, 0.1) is 11.0 Å². The van der Waals surface area contributed by atoms with Crippen LogP contribution in [-0.2, 0) is 4.79 Å². The predicted molar refractivity (Wildman–Crippen MR) is 67.0 cm³/mol. The normalized spacial score (nSPS) is 10.4. The molecule has 0 aliphatic carbocycles. The van der Waals surface area contributed by atoms with Crippen LogP contribution in [0, 0.1) is 0 Å². The van der Waals surface area contributed by atoms with Crippen LogP contribution < -0.4 is 0 Å². The number of aromatic nitrogens is 1. The van der Waals surface area contributed by atoms with E-state index in [1.54, 1.807) is 12.1 Å². The molecule has 0 aliphatic rings. The molecule has 17 heavy (non-hydrogen) atoms. The standard InChI is InChI=1S/C14H8N2O/c17-9-15-13-7-3-5-11-8-10-4-1-2-6-12(10)16-14(11)13/h1-8H. The van der Waals surface area contributed by atoms with Crippen molar-refractivity contribution < 1.29 is 4.79 Å². The van der Waals surface area contributed by atoms with Crippen LogP contribution >= 0.6 is 0 Å². The fraction of sp³-hybridized carbons (Fsp3) is 0. The highest BCUT2D eigenvalue weighted by Crippen LogP contribution is 2.26. The summed E-state index contributed by atoms with van der Waals surface area (Å²) in [6.07, 6.45) is 1.56. The van der Waals surface area contributed by atoms with Gasteiger partial charge in [0.2, 0.25) is 6.08 Å². The van der Waals surface area contributed by atoms with Crippen molar-refractivity contribution >= 4 is 33.6 Å². The Labute approximate surface area is 97.4 Å². The third-order valence-corrected chi connectivity index (χ3v) is 2.69. The second-order valence-corrected chi connectivity index (χ2v) is 3.73. The molecule has 0 fully saturated rings. The van der Waals surface area contributed by atoms with E-state index in [0.29, 0.717) is 5.69 Å². The molecule has 0 radical (unpaired) electrons. The number of rotatable bonds is 1. The number of isocyanates is 1. The van der Waals surface area contributed by atoms with Gasteiger partial charge in [0, 0.05) is 10.8 Å². The number of aliphatic imine (C=N–C) groups is 1. The summed E-state index contributed by atoms with van der Waals surface area (Å²) < 4.78 is 0. The number of hydrogen-bond donors (Lipinski definition) is 0. The lowest BCUT2D eigenvalue weighted by molar-refractivity contribution is 0.565. The molecule has 0 aliphatic heterocycles. The average molecular weight is 220 g/mol. The lowest BCUT2D eigenvalue weighted by Gasteiger charge is -2.02. The number of benzene rings is 2. The second kappa shape index (κ2) is 3.81. The lowest BCUT2D eigenvalue weighted by Crippen LogP contribution is -1.82. The van der Waals surface area contributed by atoms with Crippen LogP contribution in [0.15, 0.2) is 53.5 Å². The van der Waals surface area contributed by atoms with E-state index in [0.717, 1.165) is 21.8 Å². The summed E-state index contributed by atoms with van der Waals surface area (Å²) in [5, 5.41) is 2.05. The number of nitrogens with zero attached hydrogens (tertiary/aromatic N) is 2. The topological polar surface area (TPSA) is 42.3 Å². The van der Waals surface area contributed by atoms with Crippen molar-refractivity contribution in [1.82, 2.24) is 4.98 Å². The highest BCUT2D eigenvalue weighted by Gasteiger charge is 2.03. The Morgan fingerprint density at radius 3 is 2.71 bits per heavy atom. The first-order chi connectivity index (χ1) is 8.38. The van der Waals surface area contributed by atoms with Crippen molar-refractivity contribution in [2.75, 3.05) is 0 Å². The molecule has 2 aromatic carbocycles. The molecule has 0 bridgehead atoms. The molecule has 3 rings (SSSR count). The molecule has 0 saturated carbocycles. The number of carbonyl (C=O) groups excluding carboxylic acids is 1. The van der Waals surface area contributed by atoms with E-state index in [2.05, 4.69) is 9.98 Å². The van der Waals surface area contributed by atoms with Gasteiger partial charge in [-0.25, -0.2) is 9.78 Å². The molecule has 1 heterocycles. The van der Waals surface area contributed by atoms with Crippen LogP contribution in [0.3, 0.4) is 0 Å². The van der Waals surface area contributed by atoms with E-state index in [4.69, 9.17) is 0 Å². The first-order valence-electron chi connectivity index (χ1n) is 5.25. The summed E-state index contributed by atoms with van der Waals surface area (Å²) in [6, 6.07) is 15.5. The maximum Gasteiger partial charge on any atom is 0.240 e. The lowest BCUT2D eigenvalue weighted by atomic mass is 10.1. The summed E-state index contributed by atoms with van der Waals surface area (Å²) in [6.45, 7) is 0. The minimum atomic E-state index is 0.559. The molecular weight excluding hydrogens is 212 g/mol. The summed E-state index contributed by atoms with van der Waals surface area (Å²) in [4.78, 5) is 18.6. The van der Waals surface area contributed by atoms with Crippen LogP contribution in [0.5, 0.6) is 0 Å². The van der Waals surface area contributed by atoms with Crippen LogP contribution in [-0.4, -0.2) is 11.1 Å².